The molecule has 3 rings (SSSR count). The van der Waals surface area contributed by atoms with Crippen molar-refractivity contribution in [3.8, 4) is 0 Å². The zero-order valence-electron chi connectivity index (χ0n) is 13.1. The largest absolute Gasteiger partial charge is 0.325 e. The van der Waals surface area contributed by atoms with Crippen molar-refractivity contribution < 1.29 is 4.79 Å². The second kappa shape index (κ2) is 6.18. The molecule has 3 heteroatoms. The van der Waals surface area contributed by atoms with Gasteiger partial charge in [0.1, 0.15) is 6.04 Å². The quantitative estimate of drug-likeness (QED) is 0.924. The molecular weight excluding hydrogens is 260 g/mol. The summed E-state index contributed by atoms with van der Waals surface area (Å²) in [6.45, 7) is 5.36. The minimum atomic E-state index is -0.167. The van der Waals surface area contributed by atoms with Gasteiger partial charge in [-0.3, -0.25) is 10.1 Å². The molecule has 2 fully saturated rings. The molecule has 114 valence electrons. The number of carbonyl (C=O) groups excluding carboxylic acids is 1. The highest BCUT2D eigenvalue weighted by Crippen LogP contribution is 2.32. The standard InChI is InChI=1S/C18H26N2O/c1-13-8-6-7-11-16(13)12-20-14(2)19-17(18(20)21)15-9-4-3-5-10-15/h3-5,9-10,13-14,16-17,19H,6-8,11-12H2,1-2H3. The van der Waals surface area contributed by atoms with Crippen LogP contribution in [-0.4, -0.2) is 23.5 Å². The van der Waals surface area contributed by atoms with Crippen LogP contribution in [0, 0.1) is 11.8 Å². The van der Waals surface area contributed by atoms with Crippen molar-refractivity contribution in [2.45, 2.75) is 51.7 Å². The monoisotopic (exact) mass is 286 g/mol. The Hall–Kier alpha value is -1.35. The lowest BCUT2D eigenvalue weighted by atomic mass is 9.80. The zero-order chi connectivity index (χ0) is 14.8. The number of rotatable bonds is 3. The maximum Gasteiger partial charge on any atom is 0.245 e. The number of hydrogen-bond donors (Lipinski definition) is 1. The Labute approximate surface area is 127 Å². The molecule has 1 aromatic rings. The first kappa shape index (κ1) is 14.6. The van der Waals surface area contributed by atoms with Crippen molar-refractivity contribution in [1.82, 2.24) is 10.2 Å². The van der Waals surface area contributed by atoms with Crippen molar-refractivity contribution >= 4 is 5.91 Å². The van der Waals surface area contributed by atoms with Crippen LogP contribution in [0.15, 0.2) is 30.3 Å². The SMILES string of the molecule is CC1CCCCC1CN1C(=O)C(c2ccccc2)NC1C. The molecule has 1 saturated heterocycles. The van der Waals surface area contributed by atoms with E-state index in [1.54, 1.807) is 0 Å². The van der Waals surface area contributed by atoms with Crippen molar-refractivity contribution in [2.75, 3.05) is 6.54 Å². The van der Waals surface area contributed by atoms with E-state index >= 15 is 0 Å². The van der Waals surface area contributed by atoms with Crippen LogP contribution in [0.5, 0.6) is 0 Å². The van der Waals surface area contributed by atoms with Gasteiger partial charge in [-0.15, -0.1) is 0 Å². The molecule has 1 heterocycles. The molecule has 1 amide bonds. The smallest absolute Gasteiger partial charge is 0.245 e. The molecule has 1 N–H and O–H groups in total. The van der Waals surface area contributed by atoms with Gasteiger partial charge >= 0.3 is 0 Å². The van der Waals surface area contributed by atoms with Gasteiger partial charge in [0.25, 0.3) is 0 Å². The van der Waals surface area contributed by atoms with E-state index in [2.05, 4.69) is 24.1 Å². The Kier molecular flexibility index (Phi) is 4.29. The van der Waals surface area contributed by atoms with Gasteiger partial charge < -0.3 is 4.90 Å². The normalized spacial score (nSPS) is 33.4. The molecule has 2 aliphatic rings. The first-order chi connectivity index (χ1) is 10.2. The highest BCUT2D eigenvalue weighted by molar-refractivity contribution is 5.85. The second-order valence-electron chi connectivity index (χ2n) is 6.70. The van der Waals surface area contributed by atoms with Crippen LogP contribution in [0.1, 0.15) is 51.1 Å². The molecule has 0 radical (unpaired) electrons. The Morgan fingerprint density at radius 1 is 1.14 bits per heavy atom. The van der Waals surface area contributed by atoms with Gasteiger partial charge in [-0.1, -0.05) is 56.5 Å². The van der Waals surface area contributed by atoms with E-state index in [1.807, 2.05) is 30.3 Å². The molecule has 0 spiro atoms. The van der Waals surface area contributed by atoms with Crippen molar-refractivity contribution in [3.05, 3.63) is 35.9 Å². The third kappa shape index (κ3) is 2.98. The van der Waals surface area contributed by atoms with Gasteiger partial charge in [0.05, 0.1) is 6.17 Å². The lowest BCUT2D eigenvalue weighted by Crippen LogP contribution is -2.40. The summed E-state index contributed by atoms with van der Waals surface area (Å²) in [7, 11) is 0. The summed E-state index contributed by atoms with van der Waals surface area (Å²) in [5.41, 5.74) is 1.08. The molecule has 21 heavy (non-hydrogen) atoms. The van der Waals surface area contributed by atoms with E-state index in [1.165, 1.54) is 25.7 Å². The molecule has 1 aliphatic heterocycles. The topological polar surface area (TPSA) is 32.3 Å². The van der Waals surface area contributed by atoms with E-state index in [9.17, 15) is 4.79 Å². The van der Waals surface area contributed by atoms with E-state index in [-0.39, 0.29) is 18.1 Å². The predicted octanol–water partition coefficient (Wildman–Crippen LogP) is 3.33. The molecule has 1 saturated carbocycles. The van der Waals surface area contributed by atoms with Gasteiger partial charge in [-0.2, -0.15) is 0 Å². The van der Waals surface area contributed by atoms with E-state index < -0.39 is 0 Å². The van der Waals surface area contributed by atoms with Crippen molar-refractivity contribution in [1.29, 1.82) is 0 Å². The lowest BCUT2D eigenvalue weighted by molar-refractivity contribution is -0.131. The molecule has 3 nitrogen and oxygen atoms in total. The Balaban J connectivity index is 1.70. The van der Waals surface area contributed by atoms with E-state index in [4.69, 9.17) is 0 Å². The maximum atomic E-state index is 12.8. The first-order valence-corrected chi connectivity index (χ1v) is 8.28. The van der Waals surface area contributed by atoms with Crippen LogP contribution in [-0.2, 0) is 4.79 Å². The molecule has 1 aliphatic carbocycles. The van der Waals surface area contributed by atoms with E-state index in [0.29, 0.717) is 5.92 Å². The van der Waals surface area contributed by atoms with Crippen LogP contribution >= 0.6 is 0 Å². The van der Waals surface area contributed by atoms with Gasteiger partial charge in [0.2, 0.25) is 5.91 Å². The molecule has 0 bridgehead atoms. The average molecular weight is 286 g/mol. The zero-order valence-corrected chi connectivity index (χ0v) is 13.1. The summed E-state index contributed by atoms with van der Waals surface area (Å²) in [6, 6.07) is 9.90. The highest BCUT2D eigenvalue weighted by atomic mass is 16.2. The van der Waals surface area contributed by atoms with Gasteiger partial charge in [-0.05, 0) is 30.7 Å². The molecular formula is C18H26N2O. The fraction of sp³-hybridized carbons (Fsp3) is 0.611. The van der Waals surface area contributed by atoms with Crippen molar-refractivity contribution in [3.63, 3.8) is 0 Å². The van der Waals surface area contributed by atoms with Crippen LogP contribution in [0.4, 0.5) is 0 Å². The number of carbonyl (C=O) groups is 1. The first-order valence-electron chi connectivity index (χ1n) is 8.28. The fourth-order valence-electron chi connectivity index (χ4n) is 3.81. The van der Waals surface area contributed by atoms with Crippen LogP contribution in [0.25, 0.3) is 0 Å². The molecule has 4 atom stereocenters. The number of nitrogens with zero attached hydrogens (tertiary/aromatic N) is 1. The fourth-order valence-corrected chi connectivity index (χ4v) is 3.81. The van der Waals surface area contributed by atoms with Crippen molar-refractivity contribution in [2.24, 2.45) is 11.8 Å². The molecule has 0 aromatic heterocycles. The minimum Gasteiger partial charge on any atom is -0.325 e. The average Bonchev–Trinajstić information content (AvgIpc) is 2.78. The van der Waals surface area contributed by atoms with Gasteiger partial charge in [0, 0.05) is 6.54 Å². The molecule has 4 unspecified atom stereocenters. The maximum absolute atomic E-state index is 12.8. The third-order valence-electron chi connectivity index (χ3n) is 5.26. The Morgan fingerprint density at radius 2 is 1.86 bits per heavy atom. The highest BCUT2D eigenvalue weighted by Gasteiger charge is 2.39. The number of hydrogen-bond acceptors (Lipinski definition) is 2. The number of nitrogens with one attached hydrogen (secondary N) is 1. The predicted molar refractivity (Wildman–Crippen MR) is 84.6 cm³/mol. The van der Waals surface area contributed by atoms with Gasteiger partial charge in [0.15, 0.2) is 0 Å². The number of benzene rings is 1. The van der Waals surface area contributed by atoms with E-state index in [0.717, 1.165) is 18.0 Å². The van der Waals surface area contributed by atoms with Crippen LogP contribution < -0.4 is 5.32 Å². The van der Waals surface area contributed by atoms with Crippen LogP contribution in [0.2, 0.25) is 0 Å². The Bertz CT molecular complexity index is 487. The summed E-state index contributed by atoms with van der Waals surface area (Å²) in [5.74, 6) is 1.66. The summed E-state index contributed by atoms with van der Waals surface area (Å²) >= 11 is 0. The summed E-state index contributed by atoms with van der Waals surface area (Å²) in [4.78, 5) is 14.8. The summed E-state index contributed by atoms with van der Waals surface area (Å²) in [6.07, 6.45) is 5.40. The lowest BCUT2D eigenvalue weighted by Gasteiger charge is -2.33. The minimum absolute atomic E-state index is 0.136. The number of amides is 1. The summed E-state index contributed by atoms with van der Waals surface area (Å²) < 4.78 is 0. The third-order valence-corrected chi connectivity index (χ3v) is 5.26. The second-order valence-corrected chi connectivity index (χ2v) is 6.70. The van der Waals surface area contributed by atoms with Crippen LogP contribution in [0.3, 0.4) is 0 Å². The summed E-state index contributed by atoms with van der Waals surface area (Å²) in [5, 5.41) is 3.45. The van der Waals surface area contributed by atoms with Gasteiger partial charge in [-0.25, -0.2) is 0 Å². The Morgan fingerprint density at radius 3 is 2.57 bits per heavy atom. The molecule has 1 aromatic carbocycles.